The van der Waals surface area contributed by atoms with Gasteiger partial charge >= 0.3 is 0 Å². The molecule has 0 saturated carbocycles. The van der Waals surface area contributed by atoms with E-state index >= 15 is 0 Å². The maximum absolute atomic E-state index is 11.0. The quantitative estimate of drug-likeness (QED) is 0.466. The van der Waals surface area contributed by atoms with Gasteiger partial charge in [0.15, 0.2) is 0 Å². The van der Waals surface area contributed by atoms with Crippen molar-refractivity contribution in [2.24, 2.45) is 5.92 Å². The van der Waals surface area contributed by atoms with Crippen molar-refractivity contribution in [2.45, 2.75) is 19.3 Å². The Morgan fingerprint density at radius 3 is 2.15 bits per heavy atom. The lowest BCUT2D eigenvalue weighted by Gasteiger charge is -2.34. The maximum atomic E-state index is 11.0. The predicted molar refractivity (Wildman–Crippen MR) is 142 cm³/mol. The number of aldehydes is 1. The van der Waals surface area contributed by atoms with Crippen LogP contribution in [0.15, 0.2) is 66.7 Å². The van der Waals surface area contributed by atoms with E-state index in [-0.39, 0.29) is 0 Å². The summed E-state index contributed by atoms with van der Waals surface area (Å²) in [5.41, 5.74) is 7.28. The minimum atomic E-state index is 0.662. The molecule has 5 rings (SSSR count). The summed E-state index contributed by atoms with van der Waals surface area (Å²) >= 11 is 6.17. The Morgan fingerprint density at radius 2 is 1.47 bits per heavy atom. The molecule has 0 atom stereocenters. The molecule has 0 spiro atoms. The maximum Gasteiger partial charge on any atom is 0.150 e. The summed E-state index contributed by atoms with van der Waals surface area (Å²) in [4.78, 5) is 15.9. The van der Waals surface area contributed by atoms with Gasteiger partial charge in [0.05, 0.1) is 0 Å². The highest BCUT2D eigenvalue weighted by molar-refractivity contribution is 6.30. The van der Waals surface area contributed by atoms with Gasteiger partial charge in [-0.1, -0.05) is 29.8 Å². The van der Waals surface area contributed by atoms with Crippen molar-refractivity contribution < 1.29 is 4.79 Å². The zero-order chi connectivity index (χ0) is 23.3. The van der Waals surface area contributed by atoms with Crippen molar-refractivity contribution >= 4 is 29.3 Å². The van der Waals surface area contributed by atoms with Crippen LogP contribution in [0.5, 0.6) is 0 Å². The second-order valence-electron chi connectivity index (χ2n) is 9.43. The molecule has 0 bridgehead atoms. The van der Waals surface area contributed by atoms with Crippen LogP contribution in [0.1, 0.15) is 28.8 Å². The summed E-state index contributed by atoms with van der Waals surface area (Å²) in [6.07, 6.45) is 4.35. The minimum absolute atomic E-state index is 0.662. The molecular weight excluding hydrogens is 442 g/mol. The standard InChI is InChI=1S/C29H32ClN3O/c30-26-5-3-24(4-6-26)29-10-9-28(33-17-13-31-14-18-33)20-25(29)19-22-11-15-32(16-12-22)27-7-1-23(21-34)2-8-27/h1-10,20-22,31H,11-19H2. The number of piperazine rings is 1. The van der Waals surface area contributed by atoms with Crippen molar-refractivity contribution in [1.82, 2.24) is 5.32 Å². The van der Waals surface area contributed by atoms with Crippen molar-refractivity contribution in [3.8, 4) is 11.1 Å². The van der Waals surface area contributed by atoms with Crippen LogP contribution < -0.4 is 15.1 Å². The lowest BCUT2D eigenvalue weighted by atomic mass is 9.86. The Kier molecular flexibility index (Phi) is 7.17. The molecule has 0 aliphatic carbocycles. The number of piperidine rings is 1. The molecule has 0 aromatic heterocycles. The lowest BCUT2D eigenvalue weighted by Crippen LogP contribution is -2.43. The zero-order valence-electron chi connectivity index (χ0n) is 19.6. The van der Waals surface area contributed by atoms with Gasteiger partial charge in [0.2, 0.25) is 0 Å². The molecule has 3 aromatic carbocycles. The van der Waals surface area contributed by atoms with E-state index in [1.165, 1.54) is 40.9 Å². The summed E-state index contributed by atoms with van der Waals surface area (Å²) in [5.74, 6) is 0.662. The number of rotatable bonds is 6. The van der Waals surface area contributed by atoms with Gasteiger partial charge in [0, 0.05) is 61.2 Å². The zero-order valence-corrected chi connectivity index (χ0v) is 20.3. The van der Waals surface area contributed by atoms with Crippen LogP contribution in [0.25, 0.3) is 11.1 Å². The van der Waals surface area contributed by atoms with Crippen LogP contribution in [0, 0.1) is 5.92 Å². The molecule has 0 unspecified atom stereocenters. The fourth-order valence-corrected chi connectivity index (χ4v) is 5.38. The molecule has 2 saturated heterocycles. The highest BCUT2D eigenvalue weighted by Gasteiger charge is 2.22. The molecular formula is C29H32ClN3O. The molecule has 4 nitrogen and oxygen atoms in total. The predicted octanol–water partition coefficient (Wildman–Crippen LogP) is 5.69. The highest BCUT2D eigenvalue weighted by atomic mass is 35.5. The Bertz CT molecular complexity index is 1100. The Hall–Kier alpha value is -2.82. The van der Waals surface area contributed by atoms with E-state index < -0.39 is 0 Å². The van der Waals surface area contributed by atoms with Crippen LogP contribution in [0.3, 0.4) is 0 Å². The molecule has 34 heavy (non-hydrogen) atoms. The Morgan fingerprint density at radius 1 is 0.824 bits per heavy atom. The number of nitrogens with one attached hydrogen (secondary N) is 1. The van der Waals surface area contributed by atoms with Gasteiger partial charge in [0.1, 0.15) is 6.29 Å². The van der Waals surface area contributed by atoms with E-state index in [0.29, 0.717) is 5.92 Å². The summed E-state index contributed by atoms with van der Waals surface area (Å²) < 4.78 is 0. The van der Waals surface area contributed by atoms with Crippen molar-refractivity contribution in [1.29, 1.82) is 0 Å². The molecule has 176 valence electrons. The van der Waals surface area contributed by atoms with Gasteiger partial charge in [-0.05, 0) is 90.4 Å². The largest absolute Gasteiger partial charge is 0.372 e. The fraction of sp³-hybridized carbons (Fsp3) is 0.345. The van der Waals surface area contributed by atoms with Gasteiger partial charge in [-0.25, -0.2) is 0 Å². The number of carbonyl (C=O) groups is 1. The SMILES string of the molecule is O=Cc1ccc(N2CCC(Cc3cc(N4CCNCC4)ccc3-c3ccc(Cl)cc3)CC2)cc1. The molecule has 2 fully saturated rings. The summed E-state index contributed by atoms with van der Waals surface area (Å²) in [6, 6.07) is 23.2. The van der Waals surface area contributed by atoms with E-state index in [0.717, 1.165) is 62.6 Å². The molecule has 0 amide bonds. The average Bonchev–Trinajstić information content (AvgIpc) is 2.90. The summed E-state index contributed by atoms with van der Waals surface area (Å²) in [7, 11) is 0. The number of anilines is 2. The summed E-state index contributed by atoms with van der Waals surface area (Å²) in [6.45, 7) is 6.31. The summed E-state index contributed by atoms with van der Waals surface area (Å²) in [5, 5.41) is 4.23. The number of nitrogens with zero attached hydrogens (tertiary/aromatic N) is 2. The van der Waals surface area contributed by atoms with E-state index in [4.69, 9.17) is 11.6 Å². The second kappa shape index (κ2) is 10.6. The van der Waals surface area contributed by atoms with E-state index in [2.05, 4.69) is 57.6 Å². The van der Waals surface area contributed by atoms with E-state index in [1.54, 1.807) is 0 Å². The highest BCUT2D eigenvalue weighted by Crippen LogP contribution is 2.33. The molecule has 1 N–H and O–H groups in total. The molecule has 5 heteroatoms. The van der Waals surface area contributed by atoms with Gasteiger partial charge in [-0.3, -0.25) is 4.79 Å². The first-order valence-corrected chi connectivity index (χ1v) is 12.7. The van der Waals surface area contributed by atoms with Gasteiger partial charge in [0.25, 0.3) is 0 Å². The molecule has 2 heterocycles. The molecule has 0 radical (unpaired) electrons. The monoisotopic (exact) mass is 473 g/mol. The molecule has 2 aliphatic rings. The van der Waals surface area contributed by atoms with Gasteiger partial charge in [-0.2, -0.15) is 0 Å². The van der Waals surface area contributed by atoms with Crippen LogP contribution >= 0.6 is 11.6 Å². The number of hydrogen-bond acceptors (Lipinski definition) is 4. The van der Waals surface area contributed by atoms with E-state index in [1.807, 2.05) is 24.3 Å². The molecule has 3 aromatic rings. The van der Waals surface area contributed by atoms with Crippen LogP contribution in [0.2, 0.25) is 5.02 Å². The lowest BCUT2D eigenvalue weighted by molar-refractivity contribution is 0.112. The first-order chi connectivity index (χ1) is 16.7. The van der Waals surface area contributed by atoms with Crippen LogP contribution in [-0.4, -0.2) is 45.6 Å². The average molecular weight is 474 g/mol. The smallest absolute Gasteiger partial charge is 0.150 e. The first kappa shape index (κ1) is 22.9. The molecule has 2 aliphatic heterocycles. The van der Waals surface area contributed by atoms with Crippen LogP contribution in [-0.2, 0) is 6.42 Å². The first-order valence-electron chi connectivity index (χ1n) is 12.3. The number of benzene rings is 3. The third-order valence-corrected chi connectivity index (χ3v) is 7.50. The number of halogens is 1. The third-order valence-electron chi connectivity index (χ3n) is 7.24. The topological polar surface area (TPSA) is 35.6 Å². The van der Waals surface area contributed by atoms with Gasteiger partial charge < -0.3 is 15.1 Å². The third kappa shape index (κ3) is 5.29. The Labute approximate surface area is 207 Å². The van der Waals surface area contributed by atoms with Gasteiger partial charge in [-0.15, -0.1) is 0 Å². The van der Waals surface area contributed by atoms with Crippen molar-refractivity contribution in [2.75, 3.05) is 49.1 Å². The normalized spacial score (nSPS) is 17.1. The number of carbonyl (C=O) groups excluding carboxylic acids is 1. The van der Waals surface area contributed by atoms with Crippen LogP contribution in [0.4, 0.5) is 11.4 Å². The Balaban J connectivity index is 1.33. The van der Waals surface area contributed by atoms with Crippen molar-refractivity contribution in [3.05, 3.63) is 82.9 Å². The second-order valence-corrected chi connectivity index (χ2v) is 9.87. The van der Waals surface area contributed by atoms with E-state index in [9.17, 15) is 4.79 Å². The fourth-order valence-electron chi connectivity index (χ4n) is 5.25. The van der Waals surface area contributed by atoms with Crippen molar-refractivity contribution in [3.63, 3.8) is 0 Å². The number of hydrogen-bond donors (Lipinski definition) is 1. The minimum Gasteiger partial charge on any atom is -0.372 e.